The second-order valence-corrected chi connectivity index (χ2v) is 5.61. The standard InChI is InChI=1S/C15H17BN4/c1-2-4-11-6-13(5-10(11)3-1)19-15-18-8-12-7-17-9-16-14(12)20-15/h1-4,8,13,16-17H,5-7,9H2,(H,18,19,20). The summed E-state index contributed by atoms with van der Waals surface area (Å²) in [4.78, 5) is 9.13. The van der Waals surface area contributed by atoms with Gasteiger partial charge in [0.1, 0.15) is 0 Å². The molecule has 0 saturated carbocycles. The fourth-order valence-electron chi connectivity index (χ4n) is 3.15. The predicted molar refractivity (Wildman–Crippen MR) is 81.8 cm³/mol. The van der Waals surface area contributed by atoms with Gasteiger partial charge in [0.15, 0.2) is 7.28 Å². The molecule has 1 aliphatic carbocycles. The lowest BCUT2D eigenvalue weighted by Crippen LogP contribution is -2.40. The van der Waals surface area contributed by atoms with Crippen LogP contribution < -0.4 is 16.2 Å². The maximum Gasteiger partial charge on any atom is 0.222 e. The maximum atomic E-state index is 4.68. The lowest BCUT2D eigenvalue weighted by Gasteiger charge is -2.17. The van der Waals surface area contributed by atoms with Crippen molar-refractivity contribution in [1.29, 1.82) is 0 Å². The number of nitrogens with one attached hydrogen (secondary N) is 2. The van der Waals surface area contributed by atoms with E-state index < -0.39 is 0 Å². The zero-order valence-electron chi connectivity index (χ0n) is 11.4. The molecule has 20 heavy (non-hydrogen) atoms. The van der Waals surface area contributed by atoms with Crippen molar-refractivity contribution in [2.24, 2.45) is 0 Å². The maximum absolute atomic E-state index is 4.68. The number of aromatic nitrogens is 2. The number of rotatable bonds is 2. The fraction of sp³-hybridized carbons (Fsp3) is 0.333. The third kappa shape index (κ3) is 2.18. The molecule has 2 heterocycles. The third-order valence-electron chi connectivity index (χ3n) is 4.19. The largest absolute Gasteiger partial charge is 0.351 e. The Morgan fingerprint density at radius 3 is 2.75 bits per heavy atom. The number of hydrogen-bond acceptors (Lipinski definition) is 4. The van der Waals surface area contributed by atoms with Crippen LogP contribution in [0.2, 0.25) is 0 Å². The molecule has 2 aliphatic rings. The first-order valence-electron chi connectivity index (χ1n) is 7.27. The van der Waals surface area contributed by atoms with Crippen molar-refractivity contribution < 1.29 is 0 Å². The smallest absolute Gasteiger partial charge is 0.222 e. The molecule has 1 aliphatic heterocycles. The molecule has 0 amide bonds. The molecule has 5 heteroatoms. The van der Waals surface area contributed by atoms with Crippen molar-refractivity contribution in [1.82, 2.24) is 15.3 Å². The summed E-state index contributed by atoms with van der Waals surface area (Å²) in [6, 6.07) is 9.09. The Labute approximate surface area is 119 Å². The molecule has 2 N–H and O–H groups in total. The van der Waals surface area contributed by atoms with Gasteiger partial charge in [-0.05, 0) is 36.0 Å². The molecule has 100 valence electrons. The fourth-order valence-corrected chi connectivity index (χ4v) is 3.15. The van der Waals surface area contributed by atoms with E-state index in [-0.39, 0.29) is 0 Å². The van der Waals surface area contributed by atoms with Gasteiger partial charge in [0.2, 0.25) is 5.95 Å². The van der Waals surface area contributed by atoms with E-state index in [0.29, 0.717) is 6.04 Å². The number of benzene rings is 1. The molecule has 0 saturated heterocycles. The van der Waals surface area contributed by atoms with Crippen LogP contribution in [-0.4, -0.2) is 29.7 Å². The minimum atomic E-state index is 0.423. The average molecular weight is 264 g/mol. The van der Waals surface area contributed by atoms with Gasteiger partial charge in [0.25, 0.3) is 0 Å². The Kier molecular flexibility index (Phi) is 2.92. The van der Waals surface area contributed by atoms with Gasteiger partial charge in [-0.3, -0.25) is 0 Å². The van der Waals surface area contributed by atoms with E-state index in [4.69, 9.17) is 0 Å². The number of anilines is 1. The van der Waals surface area contributed by atoms with Crippen LogP contribution in [0, 0.1) is 0 Å². The Bertz CT molecular complexity index is 619. The summed E-state index contributed by atoms with van der Waals surface area (Å²) in [5.74, 6) is 0.781. The highest BCUT2D eigenvalue weighted by Crippen LogP contribution is 2.23. The summed E-state index contributed by atoms with van der Waals surface area (Å²) in [6.45, 7) is 0.893. The highest BCUT2D eigenvalue weighted by molar-refractivity contribution is 6.53. The summed E-state index contributed by atoms with van der Waals surface area (Å²) in [7, 11) is 0.997. The van der Waals surface area contributed by atoms with Gasteiger partial charge in [-0.25, -0.2) is 9.97 Å². The van der Waals surface area contributed by atoms with E-state index in [1.807, 2.05) is 6.20 Å². The van der Waals surface area contributed by atoms with Crippen molar-refractivity contribution in [2.75, 3.05) is 11.8 Å². The SMILES string of the molecule is B1CNCc2cnc(NC3Cc4ccccc4C3)nc21. The summed E-state index contributed by atoms with van der Waals surface area (Å²) in [5.41, 5.74) is 5.33. The van der Waals surface area contributed by atoms with E-state index in [2.05, 4.69) is 44.9 Å². The molecule has 0 spiro atoms. The van der Waals surface area contributed by atoms with Gasteiger partial charge in [-0.1, -0.05) is 24.3 Å². The van der Waals surface area contributed by atoms with Crippen molar-refractivity contribution in [3.8, 4) is 0 Å². The molecule has 1 aromatic heterocycles. The molecule has 4 rings (SSSR count). The average Bonchev–Trinajstić information content (AvgIpc) is 2.89. The summed E-state index contributed by atoms with van der Waals surface area (Å²) in [6.07, 6.45) is 5.10. The van der Waals surface area contributed by atoms with Crippen LogP contribution in [0.1, 0.15) is 16.7 Å². The van der Waals surface area contributed by atoms with Crippen LogP contribution in [0.15, 0.2) is 30.5 Å². The molecule has 4 nitrogen and oxygen atoms in total. The summed E-state index contributed by atoms with van der Waals surface area (Å²) < 4.78 is 0. The minimum absolute atomic E-state index is 0.423. The van der Waals surface area contributed by atoms with Crippen LogP contribution in [-0.2, 0) is 19.4 Å². The monoisotopic (exact) mass is 264 g/mol. The van der Waals surface area contributed by atoms with Gasteiger partial charge >= 0.3 is 0 Å². The topological polar surface area (TPSA) is 49.8 Å². The summed E-state index contributed by atoms with van der Waals surface area (Å²) >= 11 is 0. The molecule has 1 aromatic carbocycles. The Morgan fingerprint density at radius 1 is 1.15 bits per heavy atom. The van der Waals surface area contributed by atoms with Gasteiger partial charge in [0, 0.05) is 24.4 Å². The zero-order valence-corrected chi connectivity index (χ0v) is 11.4. The van der Waals surface area contributed by atoms with E-state index >= 15 is 0 Å². The van der Waals surface area contributed by atoms with Crippen LogP contribution in [0.25, 0.3) is 0 Å². The van der Waals surface area contributed by atoms with Gasteiger partial charge < -0.3 is 10.6 Å². The third-order valence-corrected chi connectivity index (χ3v) is 4.19. The quantitative estimate of drug-likeness (QED) is 0.760. The second-order valence-electron chi connectivity index (χ2n) is 5.61. The number of hydrogen-bond donors (Lipinski definition) is 2. The van der Waals surface area contributed by atoms with Crippen molar-refractivity contribution in [3.05, 3.63) is 47.2 Å². The Morgan fingerprint density at radius 2 is 1.95 bits per heavy atom. The molecular weight excluding hydrogens is 247 g/mol. The molecule has 0 atom stereocenters. The lowest BCUT2D eigenvalue weighted by atomic mass is 9.70. The van der Waals surface area contributed by atoms with E-state index in [0.717, 1.165) is 39.1 Å². The number of fused-ring (bicyclic) bond motifs is 2. The zero-order chi connectivity index (χ0) is 13.4. The molecule has 2 aromatic rings. The van der Waals surface area contributed by atoms with Crippen LogP contribution in [0.3, 0.4) is 0 Å². The van der Waals surface area contributed by atoms with Crippen molar-refractivity contribution in [3.63, 3.8) is 0 Å². The Hall–Kier alpha value is -1.88. The van der Waals surface area contributed by atoms with Crippen molar-refractivity contribution in [2.45, 2.75) is 25.4 Å². The molecular formula is C15H17BN4. The van der Waals surface area contributed by atoms with E-state index in [9.17, 15) is 0 Å². The normalized spacial score (nSPS) is 17.2. The molecule has 0 radical (unpaired) electrons. The summed E-state index contributed by atoms with van der Waals surface area (Å²) in [5, 5.41) is 6.84. The minimum Gasteiger partial charge on any atom is -0.351 e. The van der Waals surface area contributed by atoms with Crippen LogP contribution >= 0.6 is 0 Å². The van der Waals surface area contributed by atoms with E-state index in [1.54, 1.807) is 0 Å². The van der Waals surface area contributed by atoms with Crippen LogP contribution in [0.4, 0.5) is 5.95 Å². The molecule has 0 unspecified atom stereocenters. The number of nitrogens with zero attached hydrogens (tertiary/aromatic N) is 2. The first kappa shape index (κ1) is 11.9. The van der Waals surface area contributed by atoms with Crippen molar-refractivity contribution >= 4 is 18.8 Å². The van der Waals surface area contributed by atoms with E-state index in [1.165, 1.54) is 22.3 Å². The predicted octanol–water partition coefficient (Wildman–Crippen LogP) is 0.178. The van der Waals surface area contributed by atoms with Gasteiger partial charge in [-0.2, -0.15) is 0 Å². The molecule has 0 bridgehead atoms. The highest BCUT2D eigenvalue weighted by Gasteiger charge is 2.22. The second kappa shape index (κ2) is 4.91. The molecule has 0 fully saturated rings. The van der Waals surface area contributed by atoms with Gasteiger partial charge in [-0.15, -0.1) is 0 Å². The van der Waals surface area contributed by atoms with Gasteiger partial charge in [0.05, 0.1) is 0 Å². The van der Waals surface area contributed by atoms with Crippen LogP contribution in [0.5, 0.6) is 0 Å². The first-order valence-corrected chi connectivity index (χ1v) is 7.27. The first-order chi connectivity index (χ1) is 9.88. The Balaban J connectivity index is 1.50. The highest BCUT2D eigenvalue weighted by atomic mass is 15.1. The lowest BCUT2D eigenvalue weighted by molar-refractivity contribution is 0.751.